The van der Waals surface area contributed by atoms with Gasteiger partial charge in [0.2, 0.25) is 5.91 Å². The van der Waals surface area contributed by atoms with E-state index < -0.39 is 0 Å². The number of aromatic amines is 1. The summed E-state index contributed by atoms with van der Waals surface area (Å²) in [6, 6.07) is 4.27. The van der Waals surface area contributed by atoms with Gasteiger partial charge in [-0.05, 0) is 38.3 Å². The average Bonchev–Trinajstić information content (AvgIpc) is 3.20. The van der Waals surface area contributed by atoms with E-state index in [0.717, 1.165) is 78.3 Å². The van der Waals surface area contributed by atoms with Gasteiger partial charge in [0.05, 0.1) is 0 Å². The van der Waals surface area contributed by atoms with Crippen LogP contribution in [0.2, 0.25) is 0 Å². The van der Waals surface area contributed by atoms with Crippen molar-refractivity contribution < 1.29 is 4.79 Å². The number of rotatable bonds is 5. The van der Waals surface area contributed by atoms with E-state index >= 15 is 0 Å². The second-order valence-electron chi connectivity index (χ2n) is 8.40. The number of aryl methyl sites for hydroxylation is 1. The average molecular weight is 416 g/mol. The minimum atomic E-state index is 0.175. The number of nitrogens with one attached hydrogen (secondary N) is 2. The Hall–Kier alpha value is -3.49. The lowest BCUT2D eigenvalue weighted by Crippen LogP contribution is -2.32. The molecule has 0 aromatic carbocycles. The second-order valence-corrected chi connectivity index (χ2v) is 8.40. The van der Waals surface area contributed by atoms with Crippen LogP contribution in [0.15, 0.2) is 30.9 Å². The molecule has 9 nitrogen and oxygen atoms in total. The molecule has 158 valence electrons. The van der Waals surface area contributed by atoms with Crippen molar-refractivity contribution >= 4 is 33.9 Å². The van der Waals surface area contributed by atoms with E-state index in [0.29, 0.717) is 5.91 Å². The Morgan fingerprint density at radius 2 is 2.16 bits per heavy atom. The van der Waals surface area contributed by atoms with Crippen molar-refractivity contribution in [1.29, 1.82) is 0 Å². The first kappa shape index (κ1) is 18.3. The summed E-state index contributed by atoms with van der Waals surface area (Å²) in [5.74, 6) is 2.12. The molecule has 1 saturated carbocycles. The van der Waals surface area contributed by atoms with Crippen LogP contribution < -0.4 is 5.32 Å². The van der Waals surface area contributed by atoms with E-state index in [1.807, 2.05) is 23.4 Å². The number of amides is 1. The highest BCUT2D eigenvalue weighted by molar-refractivity contribution is 5.88. The first-order valence-electron chi connectivity index (χ1n) is 10.9. The number of fused-ring (bicyclic) bond motifs is 2. The SMILES string of the molecule is CCn1c(-c2cnc3[nH]ccc3c2)nc2c(NC3CCN(C(=O)C4CC4)C3)ncnc21. The Kier molecular flexibility index (Phi) is 4.15. The van der Waals surface area contributed by atoms with Gasteiger partial charge in [0.15, 0.2) is 17.0 Å². The summed E-state index contributed by atoms with van der Waals surface area (Å²) in [5, 5.41) is 4.57. The van der Waals surface area contributed by atoms with Crippen molar-refractivity contribution in [2.45, 2.75) is 38.8 Å². The Balaban J connectivity index is 1.33. The van der Waals surface area contributed by atoms with Crippen LogP contribution in [0, 0.1) is 5.92 Å². The van der Waals surface area contributed by atoms with Gasteiger partial charge in [0.1, 0.15) is 17.8 Å². The molecule has 31 heavy (non-hydrogen) atoms. The third-order valence-corrected chi connectivity index (χ3v) is 6.27. The van der Waals surface area contributed by atoms with Crippen molar-refractivity contribution in [3.05, 3.63) is 30.9 Å². The number of hydrogen-bond donors (Lipinski definition) is 2. The molecule has 1 amide bonds. The quantitative estimate of drug-likeness (QED) is 0.518. The van der Waals surface area contributed by atoms with Crippen LogP contribution in [-0.2, 0) is 11.3 Å². The molecule has 1 unspecified atom stereocenters. The van der Waals surface area contributed by atoms with Gasteiger partial charge in [-0.1, -0.05) is 0 Å². The smallest absolute Gasteiger partial charge is 0.225 e. The summed E-state index contributed by atoms with van der Waals surface area (Å²) < 4.78 is 2.09. The maximum Gasteiger partial charge on any atom is 0.225 e. The third-order valence-electron chi connectivity index (χ3n) is 6.27. The Morgan fingerprint density at radius 3 is 3.00 bits per heavy atom. The zero-order valence-corrected chi connectivity index (χ0v) is 17.4. The summed E-state index contributed by atoms with van der Waals surface area (Å²) in [6.45, 7) is 4.34. The van der Waals surface area contributed by atoms with Crippen LogP contribution in [0.4, 0.5) is 5.82 Å². The molecule has 2 N–H and O–H groups in total. The normalized spacial score (nSPS) is 18.9. The molecule has 1 atom stereocenters. The van der Waals surface area contributed by atoms with Gasteiger partial charge in [-0.15, -0.1) is 0 Å². The summed E-state index contributed by atoms with van der Waals surface area (Å²) in [4.78, 5) is 35.9. The van der Waals surface area contributed by atoms with Gasteiger partial charge in [-0.25, -0.2) is 19.9 Å². The lowest BCUT2D eigenvalue weighted by Gasteiger charge is -2.17. The van der Waals surface area contributed by atoms with Crippen molar-refractivity contribution in [2.24, 2.45) is 5.92 Å². The number of carbonyl (C=O) groups excluding carboxylic acids is 1. The van der Waals surface area contributed by atoms with Crippen LogP contribution in [0.5, 0.6) is 0 Å². The summed E-state index contributed by atoms with van der Waals surface area (Å²) in [6.07, 6.45) is 8.31. The Morgan fingerprint density at radius 1 is 1.26 bits per heavy atom. The van der Waals surface area contributed by atoms with E-state index in [4.69, 9.17) is 4.98 Å². The number of H-pyrrole nitrogens is 1. The highest BCUT2D eigenvalue weighted by Crippen LogP contribution is 2.33. The van der Waals surface area contributed by atoms with Crippen molar-refractivity contribution in [3.8, 4) is 11.4 Å². The maximum absolute atomic E-state index is 12.4. The highest BCUT2D eigenvalue weighted by Gasteiger charge is 2.36. The first-order valence-corrected chi connectivity index (χ1v) is 10.9. The molecule has 2 aliphatic rings. The van der Waals surface area contributed by atoms with E-state index in [2.05, 4.69) is 42.8 Å². The molecule has 0 spiro atoms. The van der Waals surface area contributed by atoms with Crippen LogP contribution in [0.3, 0.4) is 0 Å². The number of anilines is 1. The van der Waals surface area contributed by atoms with E-state index in [1.165, 1.54) is 0 Å². The molecule has 2 fully saturated rings. The number of carbonyl (C=O) groups is 1. The first-order chi connectivity index (χ1) is 15.2. The molecule has 4 aromatic rings. The van der Waals surface area contributed by atoms with Gasteiger partial charge in [-0.2, -0.15) is 0 Å². The highest BCUT2D eigenvalue weighted by atomic mass is 16.2. The number of nitrogens with zero attached hydrogens (tertiary/aromatic N) is 6. The molecule has 1 saturated heterocycles. The molecule has 0 radical (unpaired) electrons. The van der Waals surface area contributed by atoms with Crippen LogP contribution in [0.25, 0.3) is 33.6 Å². The Bertz CT molecular complexity index is 1290. The fraction of sp³-hybridized carbons (Fsp3) is 0.409. The fourth-order valence-corrected chi connectivity index (χ4v) is 4.48. The Labute approximate surface area is 178 Å². The van der Waals surface area contributed by atoms with Gasteiger partial charge >= 0.3 is 0 Å². The number of imidazole rings is 1. The lowest BCUT2D eigenvalue weighted by molar-refractivity contribution is -0.131. The number of hydrogen-bond acceptors (Lipinski definition) is 6. The van der Waals surface area contributed by atoms with Gasteiger partial charge < -0.3 is 19.8 Å². The summed E-state index contributed by atoms with van der Waals surface area (Å²) >= 11 is 0. The van der Waals surface area contributed by atoms with Gasteiger partial charge in [-0.3, -0.25) is 4.79 Å². The molecule has 9 heteroatoms. The largest absolute Gasteiger partial charge is 0.364 e. The van der Waals surface area contributed by atoms with E-state index in [9.17, 15) is 4.79 Å². The predicted molar refractivity (Wildman–Crippen MR) is 117 cm³/mol. The van der Waals surface area contributed by atoms with E-state index in [1.54, 1.807) is 6.33 Å². The maximum atomic E-state index is 12.4. The minimum Gasteiger partial charge on any atom is -0.364 e. The van der Waals surface area contributed by atoms with Crippen molar-refractivity contribution in [3.63, 3.8) is 0 Å². The molecular weight excluding hydrogens is 392 g/mol. The molecule has 6 rings (SSSR count). The number of aromatic nitrogens is 6. The molecule has 1 aliphatic carbocycles. The number of pyridine rings is 1. The van der Waals surface area contributed by atoms with Crippen LogP contribution >= 0.6 is 0 Å². The van der Waals surface area contributed by atoms with Crippen LogP contribution in [-0.4, -0.2) is 59.4 Å². The van der Waals surface area contributed by atoms with Crippen LogP contribution in [0.1, 0.15) is 26.2 Å². The standard InChI is InChI=1S/C22H24N8O/c1-2-30-20(15-9-14-5-7-23-18(14)24-10-15)28-17-19(25-12-26-21(17)30)27-16-6-8-29(11-16)22(31)13-3-4-13/h5,7,9-10,12-13,16H,2-4,6,8,11H2,1H3,(H,23,24)(H,25,26,27). The topological polar surface area (TPSA) is 105 Å². The van der Waals surface area contributed by atoms with Gasteiger partial charge in [0, 0.05) is 54.9 Å². The zero-order valence-electron chi connectivity index (χ0n) is 17.4. The second kappa shape index (κ2) is 7.04. The number of likely N-dealkylation sites (tertiary alicyclic amines) is 1. The molecule has 0 bridgehead atoms. The monoisotopic (exact) mass is 416 g/mol. The molecule has 1 aliphatic heterocycles. The lowest BCUT2D eigenvalue weighted by atomic mass is 10.2. The predicted octanol–water partition coefficient (Wildman–Crippen LogP) is 2.81. The van der Waals surface area contributed by atoms with Crippen molar-refractivity contribution in [1.82, 2.24) is 34.4 Å². The van der Waals surface area contributed by atoms with Gasteiger partial charge in [0.25, 0.3) is 0 Å². The third kappa shape index (κ3) is 3.11. The summed E-state index contributed by atoms with van der Waals surface area (Å²) in [7, 11) is 0. The summed E-state index contributed by atoms with van der Waals surface area (Å²) in [5.41, 5.74) is 3.35. The van der Waals surface area contributed by atoms with Crippen molar-refractivity contribution in [2.75, 3.05) is 18.4 Å². The fourth-order valence-electron chi connectivity index (χ4n) is 4.48. The molecule has 5 heterocycles. The molecular formula is C22H24N8O. The minimum absolute atomic E-state index is 0.175. The van der Waals surface area contributed by atoms with E-state index in [-0.39, 0.29) is 12.0 Å². The molecule has 4 aromatic heterocycles. The zero-order chi connectivity index (χ0) is 20.9.